The van der Waals surface area contributed by atoms with Crippen molar-refractivity contribution in [3.05, 3.63) is 5.82 Å². The van der Waals surface area contributed by atoms with Gasteiger partial charge in [-0.3, -0.25) is 4.79 Å². The molecular weight excluding hydrogens is 196 g/mol. The van der Waals surface area contributed by atoms with E-state index in [2.05, 4.69) is 44.7 Å². The molecule has 0 aliphatic heterocycles. The van der Waals surface area contributed by atoms with Crippen molar-refractivity contribution in [1.29, 1.82) is 0 Å². The van der Waals surface area contributed by atoms with Gasteiger partial charge < -0.3 is 10.2 Å². The lowest BCUT2D eigenvalue weighted by Crippen LogP contribution is -2.35. The molecule has 15 heavy (non-hydrogen) atoms. The third kappa shape index (κ3) is 3.62. The highest BCUT2D eigenvalue weighted by molar-refractivity contribution is 5.89. The van der Waals surface area contributed by atoms with E-state index in [-0.39, 0.29) is 11.7 Å². The zero-order valence-electron chi connectivity index (χ0n) is 9.03. The molecule has 84 valence electrons. The first-order valence-electron chi connectivity index (χ1n) is 5.02. The third-order valence-corrected chi connectivity index (χ3v) is 2.16. The number of H-pyrrole nitrogens is 1. The highest BCUT2D eigenvalue weighted by Gasteiger charge is 2.09. The zero-order chi connectivity index (χ0) is 11.1. The molecule has 0 saturated carbocycles. The van der Waals surface area contributed by atoms with Gasteiger partial charge in [0.2, 0.25) is 0 Å². The Morgan fingerprint density at radius 1 is 1.47 bits per heavy atom. The molecule has 0 saturated heterocycles. The Bertz CT molecular complexity index is 281. The van der Waals surface area contributed by atoms with Gasteiger partial charge in [0, 0.05) is 13.1 Å². The molecule has 1 rings (SSSR count). The second kappa shape index (κ2) is 6.07. The van der Waals surface area contributed by atoms with E-state index in [0.29, 0.717) is 6.54 Å². The number of tetrazole rings is 1. The molecule has 0 spiro atoms. The fraction of sp³-hybridized carbons (Fsp3) is 0.750. The number of rotatable bonds is 6. The lowest BCUT2D eigenvalue weighted by Gasteiger charge is -2.17. The number of nitrogens with zero attached hydrogens (tertiary/aromatic N) is 4. The number of hydrogen-bond donors (Lipinski definition) is 2. The van der Waals surface area contributed by atoms with Crippen molar-refractivity contribution in [3.8, 4) is 0 Å². The van der Waals surface area contributed by atoms with Gasteiger partial charge >= 0.3 is 0 Å². The summed E-state index contributed by atoms with van der Waals surface area (Å²) >= 11 is 0. The van der Waals surface area contributed by atoms with E-state index >= 15 is 0 Å². The Hall–Kier alpha value is -1.50. The molecule has 2 N–H and O–H groups in total. The standard InChI is InChI=1S/C8H16N6O/c1-3-14(4-2)6-5-9-8(15)7-10-12-13-11-7/h3-6H2,1-2H3,(H,9,15)(H,10,11,12,13). The Balaban J connectivity index is 2.23. The monoisotopic (exact) mass is 212 g/mol. The summed E-state index contributed by atoms with van der Waals surface area (Å²) in [6.07, 6.45) is 0. The Morgan fingerprint density at radius 3 is 2.73 bits per heavy atom. The molecule has 0 aliphatic rings. The fourth-order valence-corrected chi connectivity index (χ4v) is 1.20. The number of hydrogen-bond acceptors (Lipinski definition) is 5. The molecular formula is C8H16N6O. The predicted molar refractivity (Wildman–Crippen MR) is 54.3 cm³/mol. The van der Waals surface area contributed by atoms with Gasteiger partial charge in [-0.25, -0.2) is 0 Å². The highest BCUT2D eigenvalue weighted by Crippen LogP contribution is 1.86. The number of aromatic nitrogens is 4. The second-order valence-corrected chi connectivity index (χ2v) is 3.02. The van der Waals surface area contributed by atoms with Crippen molar-refractivity contribution >= 4 is 5.91 Å². The molecule has 0 radical (unpaired) electrons. The normalized spacial score (nSPS) is 10.6. The summed E-state index contributed by atoms with van der Waals surface area (Å²) in [6, 6.07) is 0. The summed E-state index contributed by atoms with van der Waals surface area (Å²) in [5.41, 5.74) is 0. The van der Waals surface area contributed by atoms with Crippen LogP contribution in [0.4, 0.5) is 0 Å². The van der Waals surface area contributed by atoms with E-state index in [1.54, 1.807) is 0 Å². The number of amides is 1. The summed E-state index contributed by atoms with van der Waals surface area (Å²) in [7, 11) is 0. The van der Waals surface area contributed by atoms with Gasteiger partial charge in [0.1, 0.15) is 0 Å². The number of carbonyl (C=O) groups excluding carboxylic acids is 1. The largest absolute Gasteiger partial charge is 0.348 e. The maximum Gasteiger partial charge on any atom is 0.292 e. The summed E-state index contributed by atoms with van der Waals surface area (Å²) in [5, 5.41) is 15.4. The maximum absolute atomic E-state index is 11.3. The quantitative estimate of drug-likeness (QED) is 0.649. The van der Waals surface area contributed by atoms with Crippen LogP contribution in [-0.4, -0.2) is 57.6 Å². The minimum Gasteiger partial charge on any atom is -0.348 e. The van der Waals surface area contributed by atoms with E-state index in [4.69, 9.17) is 0 Å². The van der Waals surface area contributed by atoms with Gasteiger partial charge in [0.15, 0.2) is 0 Å². The summed E-state index contributed by atoms with van der Waals surface area (Å²) in [5.74, 6) is -0.217. The van der Waals surface area contributed by atoms with Gasteiger partial charge in [0.25, 0.3) is 11.7 Å². The summed E-state index contributed by atoms with van der Waals surface area (Å²) < 4.78 is 0. The number of carbonyl (C=O) groups is 1. The van der Waals surface area contributed by atoms with E-state index in [1.807, 2.05) is 0 Å². The van der Waals surface area contributed by atoms with Crippen LogP contribution in [-0.2, 0) is 0 Å². The van der Waals surface area contributed by atoms with Crippen molar-refractivity contribution in [2.24, 2.45) is 0 Å². The van der Waals surface area contributed by atoms with Crippen LogP contribution in [0.15, 0.2) is 0 Å². The number of likely N-dealkylation sites (N-methyl/N-ethyl adjacent to an activating group) is 1. The van der Waals surface area contributed by atoms with Crippen molar-refractivity contribution in [1.82, 2.24) is 30.8 Å². The predicted octanol–water partition coefficient (Wildman–Crippen LogP) is -0.729. The van der Waals surface area contributed by atoms with Crippen LogP contribution in [0.1, 0.15) is 24.5 Å². The Kier molecular flexibility index (Phi) is 4.69. The molecule has 0 bridgehead atoms. The minimum atomic E-state index is -0.295. The van der Waals surface area contributed by atoms with E-state index in [0.717, 1.165) is 19.6 Å². The topological polar surface area (TPSA) is 86.8 Å². The van der Waals surface area contributed by atoms with Crippen LogP contribution in [0, 0.1) is 0 Å². The first kappa shape index (κ1) is 11.6. The fourth-order valence-electron chi connectivity index (χ4n) is 1.20. The van der Waals surface area contributed by atoms with Gasteiger partial charge in [-0.1, -0.05) is 13.8 Å². The van der Waals surface area contributed by atoms with Crippen LogP contribution in [0.5, 0.6) is 0 Å². The van der Waals surface area contributed by atoms with E-state index in [9.17, 15) is 4.79 Å². The average molecular weight is 212 g/mol. The smallest absolute Gasteiger partial charge is 0.292 e. The lowest BCUT2D eigenvalue weighted by molar-refractivity contribution is 0.0938. The third-order valence-electron chi connectivity index (χ3n) is 2.16. The lowest BCUT2D eigenvalue weighted by atomic mass is 10.4. The molecule has 1 aromatic rings. The molecule has 7 heteroatoms. The molecule has 0 aromatic carbocycles. The highest BCUT2D eigenvalue weighted by atomic mass is 16.2. The SMILES string of the molecule is CCN(CC)CCNC(=O)c1nn[nH]n1. The summed E-state index contributed by atoms with van der Waals surface area (Å²) in [6.45, 7) is 7.56. The molecule has 0 fully saturated rings. The van der Waals surface area contributed by atoms with Crippen LogP contribution in [0.25, 0.3) is 0 Å². The molecule has 0 aliphatic carbocycles. The minimum absolute atomic E-state index is 0.0783. The van der Waals surface area contributed by atoms with Crippen LogP contribution in [0.2, 0.25) is 0 Å². The molecule has 1 amide bonds. The molecule has 1 heterocycles. The van der Waals surface area contributed by atoms with Crippen molar-refractivity contribution in [2.75, 3.05) is 26.2 Å². The van der Waals surface area contributed by atoms with Crippen molar-refractivity contribution in [2.45, 2.75) is 13.8 Å². The average Bonchev–Trinajstić information content (AvgIpc) is 2.77. The number of aromatic amines is 1. The first-order valence-corrected chi connectivity index (χ1v) is 5.02. The van der Waals surface area contributed by atoms with Crippen molar-refractivity contribution < 1.29 is 4.79 Å². The maximum atomic E-state index is 11.3. The zero-order valence-corrected chi connectivity index (χ0v) is 9.03. The van der Waals surface area contributed by atoms with Crippen molar-refractivity contribution in [3.63, 3.8) is 0 Å². The second-order valence-electron chi connectivity index (χ2n) is 3.02. The molecule has 1 aromatic heterocycles. The first-order chi connectivity index (χ1) is 7.27. The Morgan fingerprint density at radius 2 is 2.20 bits per heavy atom. The summed E-state index contributed by atoms with van der Waals surface area (Å²) in [4.78, 5) is 13.6. The molecule has 0 unspecified atom stereocenters. The molecule has 7 nitrogen and oxygen atoms in total. The molecule has 0 atom stereocenters. The van der Waals surface area contributed by atoms with E-state index in [1.165, 1.54) is 0 Å². The van der Waals surface area contributed by atoms with Gasteiger partial charge in [-0.2, -0.15) is 5.21 Å². The van der Waals surface area contributed by atoms with Gasteiger partial charge in [0.05, 0.1) is 0 Å². The van der Waals surface area contributed by atoms with E-state index < -0.39 is 0 Å². The van der Waals surface area contributed by atoms with Gasteiger partial charge in [-0.05, 0) is 18.3 Å². The number of nitrogens with one attached hydrogen (secondary N) is 2. The van der Waals surface area contributed by atoms with Crippen LogP contribution in [0.3, 0.4) is 0 Å². The van der Waals surface area contributed by atoms with Crippen LogP contribution >= 0.6 is 0 Å². The van der Waals surface area contributed by atoms with Gasteiger partial charge in [-0.15, -0.1) is 10.2 Å². The van der Waals surface area contributed by atoms with Crippen LogP contribution < -0.4 is 5.32 Å². The Labute approximate surface area is 88.2 Å².